The molecule has 42 valence electrons. The minimum absolute atomic E-state index is 0.164. The third-order valence-electron chi connectivity index (χ3n) is 0.805. The van der Waals surface area contributed by atoms with Crippen molar-refractivity contribution in [3.05, 3.63) is 4.91 Å². The van der Waals surface area contributed by atoms with Gasteiger partial charge in [0.25, 0.3) is 0 Å². The summed E-state index contributed by atoms with van der Waals surface area (Å²) in [6.45, 7) is 3.71. The predicted molar refractivity (Wildman–Crippen MR) is 28.6 cm³/mol. The molecule has 0 saturated carbocycles. The van der Waals surface area contributed by atoms with E-state index in [0.29, 0.717) is 0 Å². The number of nitrogens with two attached hydrogens (primary N) is 1. The van der Waals surface area contributed by atoms with E-state index < -0.39 is 6.17 Å². The van der Waals surface area contributed by atoms with Gasteiger partial charge in [-0.3, -0.25) is 0 Å². The van der Waals surface area contributed by atoms with Gasteiger partial charge in [0.05, 0.1) is 0 Å². The van der Waals surface area contributed by atoms with Gasteiger partial charge in [0, 0.05) is 0 Å². The van der Waals surface area contributed by atoms with Crippen molar-refractivity contribution < 1.29 is 0 Å². The van der Waals surface area contributed by atoms with Crippen molar-refractivity contribution in [2.75, 3.05) is 0 Å². The van der Waals surface area contributed by atoms with Crippen molar-refractivity contribution in [3.8, 4) is 0 Å². The fourth-order valence-corrected chi connectivity index (χ4v) is 0.122. The summed E-state index contributed by atoms with van der Waals surface area (Å²) < 4.78 is 0. The number of nitroso groups, excluding NO2 is 1. The molecule has 0 fully saturated rings. The summed E-state index contributed by atoms with van der Waals surface area (Å²) in [5, 5.41) is 2.62. The number of hydrogen-bond donors (Lipinski definition) is 1. The van der Waals surface area contributed by atoms with Crippen LogP contribution in [0.1, 0.15) is 13.8 Å². The fourth-order valence-electron chi connectivity index (χ4n) is 0.122. The van der Waals surface area contributed by atoms with Crippen LogP contribution in [0.3, 0.4) is 0 Å². The first-order chi connectivity index (χ1) is 3.18. The molecule has 7 heavy (non-hydrogen) atoms. The zero-order valence-electron chi connectivity index (χ0n) is 4.59. The van der Waals surface area contributed by atoms with Gasteiger partial charge in [0.15, 0.2) is 0 Å². The molecule has 0 aliphatic rings. The van der Waals surface area contributed by atoms with Crippen molar-refractivity contribution in [2.45, 2.75) is 20.0 Å². The summed E-state index contributed by atoms with van der Waals surface area (Å²) in [5.41, 5.74) is 5.14. The van der Waals surface area contributed by atoms with Crippen LogP contribution in [0.15, 0.2) is 5.18 Å². The van der Waals surface area contributed by atoms with E-state index in [1.807, 2.05) is 13.8 Å². The minimum Gasteiger partial charge on any atom is -0.307 e. The van der Waals surface area contributed by atoms with E-state index >= 15 is 0 Å². The lowest BCUT2D eigenvalue weighted by Crippen LogP contribution is -2.22. The summed E-state index contributed by atoms with van der Waals surface area (Å²) in [4.78, 5) is 9.57. The molecule has 0 aromatic carbocycles. The largest absolute Gasteiger partial charge is 0.307 e. The Kier molecular flexibility index (Phi) is 2.52. The standard InChI is InChI=1S/C4H10N2O/c1-3(2)4(5)6-7/h3-4H,5H2,1-2H3. The van der Waals surface area contributed by atoms with Gasteiger partial charge >= 0.3 is 0 Å². The molecule has 3 nitrogen and oxygen atoms in total. The second-order valence-corrected chi connectivity index (χ2v) is 1.84. The van der Waals surface area contributed by atoms with E-state index in [0.717, 1.165) is 0 Å². The topological polar surface area (TPSA) is 55.4 Å². The van der Waals surface area contributed by atoms with Crippen LogP contribution in [0, 0.1) is 10.8 Å². The van der Waals surface area contributed by atoms with Gasteiger partial charge in [-0.25, -0.2) is 0 Å². The van der Waals surface area contributed by atoms with Crippen LogP contribution in [-0.2, 0) is 0 Å². The SMILES string of the molecule is CC(C)C(N)N=O. The van der Waals surface area contributed by atoms with Crippen molar-refractivity contribution in [1.82, 2.24) is 0 Å². The van der Waals surface area contributed by atoms with Crippen LogP contribution in [0.25, 0.3) is 0 Å². The molecule has 2 N–H and O–H groups in total. The molecule has 0 aromatic rings. The maximum Gasteiger partial charge on any atom is 0.142 e. The molecule has 0 aromatic heterocycles. The van der Waals surface area contributed by atoms with Gasteiger partial charge in [0.1, 0.15) is 6.17 Å². The predicted octanol–water partition coefficient (Wildman–Crippen LogP) is 0.694. The van der Waals surface area contributed by atoms with Crippen LogP contribution in [-0.4, -0.2) is 6.17 Å². The van der Waals surface area contributed by atoms with Crippen molar-refractivity contribution in [1.29, 1.82) is 0 Å². The Bertz CT molecular complexity index is 62.7. The summed E-state index contributed by atoms with van der Waals surface area (Å²) >= 11 is 0. The summed E-state index contributed by atoms with van der Waals surface area (Å²) in [7, 11) is 0. The molecule has 3 heteroatoms. The Morgan fingerprint density at radius 2 is 2.00 bits per heavy atom. The molecular formula is C4H10N2O. The third kappa shape index (κ3) is 2.28. The monoisotopic (exact) mass is 102 g/mol. The molecule has 0 saturated heterocycles. The Labute approximate surface area is 42.9 Å². The Balaban J connectivity index is 3.33. The van der Waals surface area contributed by atoms with Gasteiger partial charge in [-0.05, 0) is 5.92 Å². The molecule has 0 rings (SSSR count). The molecule has 0 spiro atoms. The highest BCUT2D eigenvalue weighted by atomic mass is 16.3. The van der Waals surface area contributed by atoms with Crippen molar-refractivity contribution in [3.63, 3.8) is 0 Å². The van der Waals surface area contributed by atoms with E-state index in [2.05, 4.69) is 5.18 Å². The second kappa shape index (κ2) is 2.69. The van der Waals surface area contributed by atoms with Gasteiger partial charge in [-0.2, -0.15) is 0 Å². The lowest BCUT2D eigenvalue weighted by Gasteiger charge is -2.02. The molecular weight excluding hydrogens is 92.1 g/mol. The first-order valence-corrected chi connectivity index (χ1v) is 2.26. The maximum absolute atomic E-state index is 9.57. The van der Waals surface area contributed by atoms with Crippen LogP contribution < -0.4 is 5.73 Å². The zero-order valence-corrected chi connectivity index (χ0v) is 4.59. The Hall–Kier alpha value is -0.440. The van der Waals surface area contributed by atoms with Crippen LogP contribution >= 0.6 is 0 Å². The Morgan fingerprint density at radius 1 is 1.57 bits per heavy atom. The molecule has 0 amide bonds. The molecule has 1 unspecified atom stereocenters. The fraction of sp³-hybridized carbons (Fsp3) is 1.00. The molecule has 0 aliphatic carbocycles. The van der Waals surface area contributed by atoms with Crippen molar-refractivity contribution >= 4 is 0 Å². The van der Waals surface area contributed by atoms with Crippen LogP contribution in [0.4, 0.5) is 0 Å². The average molecular weight is 102 g/mol. The molecule has 0 aliphatic heterocycles. The summed E-state index contributed by atoms with van der Waals surface area (Å²) in [5.74, 6) is 0.164. The summed E-state index contributed by atoms with van der Waals surface area (Å²) in [6.07, 6.45) is -0.528. The number of hydrogen-bond acceptors (Lipinski definition) is 3. The first kappa shape index (κ1) is 6.56. The minimum atomic E-state index is -0.528. The van der Waals surface area contributed by atoms with Gasteiger partial charge in [-0.15, -0.1) is 4.91 Å². The summed E-state index contributed by atoms with van der Waals surface area (Å²) in [6, 6.07) is 0. The van der Waals surface area contributed by atoms with E-state index in [-0.39, 0.29) is 5.92 Å². The highest BCUT2D eigenvalue weighted by Gasteiger charge is 2.03. The maximum atomic E-state index is 9.57. The normalized spacial score (nSPS) is 14.3. The zero-order chi connectivity index (χ0) is 5.86. The first-order valence-electron chi connectivity index (χ1n) is 2.26. The van der Waals surface area contributed by atoms with E-state index in [4.69, 9.17) is 5.73 Å². The molecule has 1 atom stereocenters. The lowest BCUT2D eigenvalue weighted by atomic mass is 10.2. The van der Waals surface area contributed by atoms with Gasteiger partial charge < -0.3 is 5.73 Å². The van der Waals surface area contributed by atoms with E-state index in [9.17, 15) is 4.91 Å². The highest BCUT2D eigenvalue weighted by Crippen LogP contribution is 1.96. The number of nitrogens with zero attached hydrogens (tertiary/aromatic N) is 1. The Morgan fingerprint density at radius 3 is 2.00 bits per heavy atom. The highest BCUT2D eigenvalue weighted by molar-refractivity contribution is 4.58. The number of rotatable bonds is 2. The third-order valence-corrected chi connectivity index (χ3v) is 0.805. The van der Waals surface area contributed by atoms with Crippen molar-refractivity contribution in [2.24, 2.45) is 16.8 Å². The van der Waals surface area contributed by atoms with Crippen LogP contribution in [0.5, 0.6) is 0 Å². The van der Waals surface area contributed by atoms with Gasteiger partial charge in [0.2, 0.25) is 0 Å². The second-order valence-electron chi connectivity index (χ2n) is 1.84. The van der Waals surface area contributed by atoms with Gasteiger partial charge in [-0.1, -0.05) is 19.0 Å². The quantitative estimate of drug-likeness (QED) is 0.521. The van der Waals surface area contributed by atoms with E-state index in [1.165, 1.54) is 0 Å². The smallest absolute Gasteiger partial charge is 0.142 e. The van der Waals surface area contributed by atoms with E-state index in [1.54, 1.807) is 0 Å². The lowest BCUT2D eigenvalue weighted by molar-refractivity contribution is 0.508. The molecule has 0 bridgehead atoms. The average Bonchev–Trinajstić information content (AvgIpc) is 1.65. The van der Waals surface area contributed by atoms with Crippen LogP contribution in [0.2, 0.25) is 0 Å². The molecule has 0 radical (unpaired) electrons. The molecule has 0 heterocycles.